The highest BCUT2D eigenvalue weighted by Gasteiger charge is 2.37. The number of hydrogen-bond acceptors (Lipinski definition) is 12. The molecule has 0 heterocycles. The molecule has 202 valence electrons. The highest BCUT2D eigenvalue weighted by Crippen LogP contribution is 2.44. The van der Waals surface area contributed by atoms with E-state index in [4.69, 9.17) is 26.6 Å². The minimum atomic E-state index is -2.56. The van der Waals surface area contributed by atoms with Crippen molar-refractivity contribution in [2.75, 3.05) is 69.8 Å². The molecule has 16 heteroatoms. The average molecular weight is 597 g/mol. The van der Waals surface area contributed by atoms with Gasteiger partial charge in [-0.1, -0.05) is 0 Å². The van der Waals surface area contributed by atoms with Crippen LogP contribution in [0.3, 0.4) is 0 Å². The number of rotatable bonds is 19. The van der Waals surface area contributed by atoms with E-state index in [2.05, 4.69) is 0 Å². The van der Waals surface area contributed by atoms with Crippen molar-refractivity contribution in [3.63, 3.8) is 0 Å². The molecule has 0 aromatic carbocycles. The molecular weight excluding hydrogens is 557 g/mol. The van der Waals surface area contributed by atoms with E-state index in [1.54, 1.807) is 66.6 Å². The van der Waals surface area contributed by atoms with Gasteiger partial charge in [-0.25, -0.2) is 0 Å². The smallest absolute Gasteiger partial charge is 0.377 e. The lowest BCUT2D eigenvalue weighted by molar-refractivity contribution is 0.122. The Morgan fingerprint density at radius 1 is 0.588 bits per heavy atom. The summed E-state index contributed by atoms with van der Waals surface area (Å²) >= 11 is 0. The number of nitrogens with zero attached hydrogens (tertiary/aromatic N) is 2. The summed E-state index contributed by atoms with van der Waals surface area (Å²) in [4.78, 5) is 27.9. The van der Waals surface area contributed by atoms with E-state index in [0.717, 1.165) is 47.3 Å². The molecule has 0 aromatic rings. The fourth-order valence-electron chi connectivity index (χ4n) is 2.89. The Balaban J connectivity index is 4.02. The molecule has 0 atom stereocenters. The van der Waals surface area contributed by atoms with Gasteiger partial charge in [-0.05, 0) is 45.3 Å². The van der Waals surface area contributed by atoms with E-state index in [1.807, 2.05) is 0 Å². The van der Waals surface area contributed by atoms with Crippen molar-refractivity contribution >= 4 is 69.3 Å². The van der Waals surface area contributed by atoms with Crippen LogP contribution in [0.5, 0.6) is 0 Å². The molecule has 10 nitrogen and oxygen atoms in total. The topological polar surface area (TPSA) is 96.0 Å². The van der Waals surface area contributed by atoms with Crippen LogP contribution in [-0.2, 0) is 26.6 Å². The van der Waals surface area contributed by atoms with Crippen molar-refractivity contribution in [2.24, 2.45) is 0 Å². The number of unbranched alkanes of at least 4 members (excludes halogenated alkanes) is 2. The molecule has 0 spiro atoms. The van der Waals surface area contributed by atoms with E-state index in [9.17, 15) is 9.59 Å². The van der Waals surface area contributed by atoms with Gasteiger partial charge < -0.3 is 36.4 Å². The number of hydrogen-bond donors (Lipinski definition) is 0. The zero-order valence-corrected chi connectivity index (χ0v) is 26.7. The summed E-state index contributed by atoms with van der Waals surface area (Å²) in [6.07, 6.45) is 3.33. The van der Waals surface area contributed by atoms with E-state index in [-0.39, 0.29) is 10.5 Å². The SMILES string of the molecule is CO[Si](CCCCN(C)C(=O)SSSSC(=O)N(C)CCCC[Si](OC)(OC)OC)(OC)OC. The first kappa shape index (κ1) is 34.5. The monoisotopic (exact) mass is 596 g/mol. The van der Waals surface area contributed by atoms with Crippen LogP contribution in [-0.4, -0.2) is 108 Å². The van der Waals surface area contributed by atoms with E-state index in [0.29, 0.717) is 25.2 Å². The number of carbonyl (C=O) groups excluding carboxylic acids is 2. The Labute approximate surface area is 222 Å². The highest BCUT2D eigenvalue weighted by molar-refractivity contribution is 9.28. The lowest BCUT2D eigenvalue weighted by Crippen LogP contribution is -2.42. The van der Waals surface area contributed by atoms with Crippen LogP contribution in [0.4, 0.5) is 9.59 Å². The Morgan fingerprint density at radius 3 is 1.15 bits per heavy atom. The largest absolute Gasteiger partial charge is 0.500 e. The van der Waals surface area contributed by atoms with Crippen LogP contribution in [0.2, 0.25) is 12.1 Å². The van der Waals surface area contributed by atoms with Crippen molar-refractivity contribution < 1.29 is 36.1 Å². The summed E-state index contributed by atoms with van der Waals surface area (Å²) in [6.45, 7) is 1.26. The second-order valence-electron chi connectivity index (χ2n) is 7.18. The van der Waals surface area contributed by atoms with Crippen molar-refractivity contribution in [1.82, 2.24) is 9.80 Å². The molecule has 0 saturated heterocycles. The fraction of sp³-hybridized carbons (Fsp3) is 0.889. The maximum atomic E-state index is 12.3. The van der Waals surface area contributed by atoms with Gasteiger partial charge in [0.15, 0.2) is 0 Å². The number of amides is 2. The van der Waals surface area contributed by atoms with Crippen molar-refractivity contribution in [3.8, 4) is 0 Å². The summed E-state index contributed by atoms with van der Waals surface area (Å²) in [5, 5.41) is -0.0931. The first-order valence-electron chi connectivity index (χ1n) is 10.7. The van der Waals surface area contributed by atoms with E-state index in [1.165, 1.54) is 19.7 Å². The third-order valence-electron chi connectivity index (χ3n) is 5.18. The van der Waals surface area contributed by atoms with Gasteiger partial charge in [0.1, 0.15) is 0 Å². The number of carbonyl (C=O) groups is 2. The standard InChI is InChI=1S/C18H40N2O8S4Si2/c1-19(13-9-11-15-33(23-3,24-4)25-5)17(21)29-31-32-30-18(22)20(2)14-10-12-16-34(26-6,27-7)28-8/h9-16H2,1-8H3. The summed E-state index contributed by atoms with van der Waals surface area (Å²) in [6, 6.07) is 1.41. The van der Waals surface area contributed by atoms with Crippen LogP contribution >= 0.6 is 41.2 Å². The molecule has 0 radical (unpaired) electrons. The summed E-state index contributed by atoms with van der Waals surface area (Å²) in [5.41, 5.74) is 0. The third-order valence-corrected chi connectivity index (χ3v) is 16.6. The molecule has 0 aliphatic carbocycles. The van der Waals surface area contributed by atoms with Gasteiger partial charge in [0.2, 0.25) is 0 Å². The zero-order valence-electron chi connectivity index (χ0n) is 21.5. The van der Waals surface area contributed by atoms with Gasteiger partial charge in [-0.2, -0.15) is 0 Å². The predicted octanol–water partition coefficient (Wildman–Crippen LogP) is 5.08. The molecule has 0 aliphatic heterocycles. The lowest BCUT2D eigenvalue weighted by atomic mass is 10.3. The van der Waals surface area contributed by atoms with Gasteiger partial charge in [0.25, 0.3) is 10.5 Å². The Kier molecular flexibility index (Phi) is 19.9. The maximum Gasteiger partial charge on any atom is 0.500 e. The maximum absolute atomic E-state index is 12.3. The second kappa shape index (κ2) is 19.6. The Bertz CT molecular complexity index is 514. The second-order valence-corrected chi connectivity index (χ2v) is 18.9. The van der Waals surface area contributed by atoms with Gasteiger partial charge in [-0.15, -0.1) is 0 Å². The molecule has 0 saturated carbocycles. The molecule has 0 aliphatic rings. The first-order chi connectivity index (χ1) is 16.2. The van der Waals surface area contributed by atoms with Crippen molar-refractivity contribution in [2.45, 2.75) is 37.8 Å². The van der Waals surface area contributed by atoms with Crippen LogP contribution in [0.25, 0.3) is 0 Å². The van der Waals surface area contributed by atoms with Gasteiger partial charge in [0.05, 0.1) is 0 Å². The highest BCUT2D eigenvalue weighted by atomic mass is 33.7. The normalized spacial score (nSPS) is 12.1. The average Bonchev–Trinajstić information content (AvgIpc) is 2.87. The minimum Gasteiger partial charge on any atom is -0.377 e. The Hall–Kier alpha value is 0.534. The van der Waals surface area contributed by atoms with Crippen LogP contribution in [0.1, 0.15) is 25.7 Å². The molecule has 2 amide bonds. The molecule has 0 unspecified atom stereocenters. The zero-order chi connectivity index (χ0) is 26.0. The van der Waals surface area contributed by atoms with Gasteiger partial charge in [0, 0.05) is 104 Å². The summed E-state index contributed by atoms with van der Waals surface area (Å²) < 4.78 is 32.4. The predicted molar refractivity (Wildman–Crippen MR) is 148 cm³/mol. The van der Waals surface area contributed by atoms with E-state index < -0.39 is 17.6 Å². The summed E-state index contributed by atoms with van der Waals surface area (Å²) in [5.74, 6) is 0. The summed E-state index contributed by atoms with van der Waals surface area (Å²) in [7, 11) is 12.8. The van der Waals surface area contributed by atoms with Crippen LogP contribution < -0.4 is 0 Å². The molecule has 0 aromatic heterocycles. The van der Waals surface area contributed by atoms with Gasteiger partial charge in [-0.3, -0.25) is 9.59 Å². The fourth-order valence-corrected chi connectivity index (χ4v) is 11.4. The van der Waals surface area contributed by atoms with Crippen LogP contribution in [0.15, 0.2) is 0 Å². The molecule has 34 heavy (non-hydrogen) atoms. The van der Waals surface area contributed by atoms with Crippen molar-refractivity contribution in [1.29, 1.82) is 0 Å². The van der Waals surface area contributed by atoms with Gasteiger partial charge >= 0.3 is 17.6 Å². The minimum absolute atomic E-state index is 0.0466. The Morgan fingerprint density at radius 2 is 0.882 bits per heavy atom. The van der Waals surface area contributed by atoms with E-state index >= 15 is 0 Å². The molecule has 0 rings (SSSR count). The van der Waals surface area contributed by atoms with Crippen molar-refractivity contribution in [3.05, 3.63) is 0 Å². The molecule has 0 N–H and O–H groups in total. The molecule has 0 bridgehead atoms. The van der Waals surface area contributed by atoms with Crippen LogP contribution in [0, 0.1) is 0 Å². The molecule has 0 fully saturated rings. The third kappa shape index (κ3) is 13.2. The first-order valence-corrected chi connectivity index (χ1v) is 19.4. The lowest BCUT2D eigenvalue weighted by Gasteiger charge is -2.24. The quantitative estimate of drug-likeness (QED) is 0.113. The molecular formula is C18H40N2O8S4Si2.